The van der Waals surface area contributed by atoms with Gasteiger partial charge in [-0.1, -0.05) is 4.85 Å². The SMILES string of the molecule is O=C1CCC(=O)[N+]1(O)c1[c]c2nnn(O)c2cc1. The highest BCUT2D eigenvalue weighted by Gasteiger charge is 2.52. The first-order valence-corrected chi connectivity index (χ1v) is 5.19. The molecule has 0 bridgehead atoms. The van der Waals surface area contributed by atoms with Gasteiger partial charge in [0.15, 0.2) is 5.69 Å². The third-order valence-electron chi connectivity index (χ3n) is 2.96. The first-order valence-electron chi connectivity index (χ1n) is 5.19. The molecule has 1 aliphatic rings. The van der Waals surface area contributed by atoms with Gasteiger partial charge in [0.1, 0.15) is 11.0 Å². The highest BCUT2D eigenvalue weighted by Crippen LogP contribution is 2.30. The molecule has 0 aliphatic carbocycles. The third-order valence-corrected chi connectivity index (χ3v) is 2.96. The molecular weight excluding hydrogens is 240 g/mol. The molecule has 1 radical (unpaired) electrons. The molecule has 0 spiro atoms. The molecule has 1 fully saturated rings. The zero-order valence-corrected chi connectivity index (χ0v) is 9.07. The highest BCUT2D eigenvalue weighted by molar-refractivity contribution is 6.12. The van der Waals surface area contributed by atoms with Crippen LogP contribution < -0.4 is 4.65 Å². The maximum Gasteiger partial charge on any atom is 0.359 e. The van der Waals surface area contributed by atoms with Crippen molar-refractivity contribution in [1.82, 2.24) is 19.8 Å². The molecule has 0 atom stereocenters. The Balaban J connectivity index is 2.20. The summed E-state index contributed by atoms with van der Waals surface area (Å²) in [7, 11) is 0. The fourth-order valence-corrected chi connectivity index (χ4v) is 1.97. The molecule has 2 amide bonds. The largest absolute Gasteiger partial charge is 0.410 e. The van der Waals surface area contributed by atoms with Gasteiger partial charge < -0.3 is 5.21 Å². The van der Waals surface area contributed by atoms with Crippen molar-refractivity contribution in [3.63, 3.8) is 0 Å². The minimum Gasteiger partial charge on any atom is -0.410 e. The molecule has 2 heterocycles. The predicted molar refractivity (Wildman–Crippen MR) is 56.4 cm³/mol. The molecule has 18 heavy (non-hydrogen) atoms. The molecule has 1 aromatic carbocycles. The lowest BCUT2D eigenvalue weighted by Crippen LogP contribution is -2.50. The van der Waals surface area contributed by atoms with E-state index in [1.165, 1.54) is 12.1 Å². The van der Waals surface area contributed by atoms with E-state index >= 15 is 0 Å². The van der Waals surface area contributed by atoms with Crippen LogP contribution in [0.1, 0.15) is 12.8 Å². The molecule has 0 unspecified atom stereocenters. The van der Waals surface area contributed by atoms with Crippen molar-refractivity contribution in [1.29, 1.82) is 0 Å². The first kappa shape index (κ1) is 10.8. The number of nitrogens with zero attached hydrogens (tertiary/aromatic N) is 4. The Kier molecular flexibility index (Phi) is 2.01. The maximum atomic E-state index is 11.6. The quantitative estimate of drug-likeness (QED) is 0.319. The summed E-state index contributed by atoms with van der Waals surface area (Å²) in [6.07, 6.45) is -0.0121. The van der Waals surface area contributed by atoms with E-state index in [1.807, 2.05) is 0 Å². The van der Waals surface area contributed by atoms with Crippen LogP contribution >= 0.6 is 0 Å². The third kappa shape index (κ3) is 1.21. The van der Waals surface area contributed by atoms with Gasteiger partial charge in [0.2, 0.25) is 0 Å². The van der Waals surface area contributed by atoms with Gasteiger partial charge in [-0.3, -0.25) is 0 Å². The monoisotopic (exact) mass is 248 g/mol. The standard InChI is InChI=1S/C10H8N4O4/c15-9-3-4-10(16)14(9,18)6-1-2-8-7(5-6)11-12-13(8)17/h1-2,17-18H,3-4H2/q+1. The van der Waals surface area contributed by atoms with Crippen molar-refractivity contribution in [2.45, 2.75) is 12.8 Å². The second-order valence-corrected chi connectivity index (χ2v) is 3.98. The number of amides is 2. The molecule has 2 aromatic rings. The number of aromatic nitrogens is 3. The Bertz CT molecular complexity index is 662. The molecule has 2 N–H and O–H groups in total. The predicted octanol–water partition coefficient (Wildman–Crippen LogP) is 0.0123. The zero-order chi connectivity index (χ0) is 12.9. The molecule has 0 saturated carbocycles. The average Bonchev–Trinajstić information content (AvgIpc) is 2.86. The van der Waals surface area contributed by atoms with Crippen LogP contribution in [0.4, 0.5) is 5.69 Å². The smallest absolute Gasteiger partial charge is 0.359 e. The number of carbonyl (C=O) groups excluding carboxylic acids is 2. The normalized spacial score (nSPS) is 18.7. The number of hydrogen-bond donors (Lipinski definition) is 2. The van der Waals surface area contributed by atoms with Gasteiger partial charge >= 0.3 is 11.8 Å². The number of imide groups is 1. The molecule has 3 rings (SSSR count). The van der Waals surface area contributed by atoms with E-state index in [9.17, 15) is 20.0 Å². The lowest BCUT2D eigenvalue weighted by atomic mass is 10.2. The molecule has 1 saturated heterocycles. The van der Waals surface area contributed by atoms with E-state index in [-0.39, 0.29) is 29.6 Å². The summed E-state index contributed by atoms with van der Waals surface area (Å²) in [6.45, 7) is 0. The summed E-state index contributed by atoms with van der Waals surface area (Å²) in [5.41, 5.74) is 0.411. The van der Waals surface area contributed by atoms with E-state index in [4.69, 9.17) is 0 Å². The van der Waals surface area contributed by atoms with Gasteiger partial charge in [0, 0.05) is 6.07 Å². The fourth-order valence-electron chi connectivity index (χ4n) is 1.97. The number of rotatable bonds is 1. The van der Waals surface area contributed by atoms with Gasteiger partial charge in [-0.05, 0) is 15.9 Å². The van der Waals surface area contributed by atoms with Crippen molar-refractivity contribution in [3.8, 4) is 0 Å². The van der Waals surface area contributed by atoms with Crippen molar-refractivity contribution in [3.05, 3.63) is 18.2 Å². The van der Waals surface area contributed by atoms with Gasteiger partial charge in [-0.2, -0.15) is 5.21 Å². The van der Waals surface area contributed by atoms with E-state index < -0.39 is 16.5 Å². The molecule has 1 aliphatic heterocycles. The second-order valence-electron chi connectivity index (χ2n) is 3.98. The first-order chi connectivity index (χ1) is 8.53. The summed E-state index contributed by atoms with van der Waals surface area (Å²) in [5, 5.41) is 26.4. The lowest BCUT2D eigenvalue weighted by molar-refractivity contribution is -0.168. The van der Waals surface area contributed by atoms with Crippen molar-refractivity contribution in [2.24, 2.45) is 0 Å². The van der Waals surface area contributed by atoms with E-state index in [2.05, 4.69) is 16.4 Å². The topological polar surface area (TPSA) is 105 Å². The van der Waals surface area contributed by atoms with Gasteiger partial charge in [-0.25, -0.2) is 9.59 Å². The van der Waals surface area contributed by atoms with Crippen LogP contribution in [0, 0.1) is 6.07 Å². The van der Waals surface area contributed by atoms with Crippen molar-refractivity contribution < 1.29 is 20.0 Å². The van der Waals surface area contributed by atoms with Crippen LogP contribution in [0.2, 0.25) is 0 Å². The zero-order valence-electron chi connectivity index (χ0n) is 9.07. The average molecular weight is 248 g/mol. The molecule has 91 valence electrons. The number of carbonyl (C=O) groups is 2. The Morgan fingerprint density at radius 2 is 1.94 bits per heavy atom. The number of quaternary nitrogens is 1. The Morgan fingerprint density at radius 1 is 1.28 bits per heavy atom. The highest BCUT2D eigenvalue weighted by atomic mass is 16.6. The minimum atomic E-state index is -1.39. The minimum absolute atomic E-state index is 0.00605. The number of fused-ring (bicyclic) bond motifs is 1. The number of hydroxylamine groups is 2. The number of hydrogen-bond acceptors (Lipinski definition) is 6. The van der Waals surface area contributed by atoms with Crippen LogP contribution in [-0.4, -0.2) is 37.4 Å². The summed E-state index contributed by atoms with van der Waals surface area (Å²) < 4.78 is -1.39. The van der Waals surface area contributed by atoms with Gasteiger partial charge in [-0.15, -0.1) is 5.10 Å². The maximum absolute atomic E-state index is 11.6. The molecule has 8 heteroatoms. The summed E-state index contributed by atoms with van der Waals surface area (Å²) in [5.74, 6) is -1.21. The van der Waals surface area contributed by atoms with Crippen LogP contribution in [0.5, 0.6) is 0 Å². The van der Waals surface area contributed by atoms with Gasteiger partial charge in [0.05, 0.1) is 18.9 Å². The Morgan fingerprint density at radius 3 is 2.61 bits per heavy atom. The molecule has 8 nitrogen and oxygen atoms in total. The summed E-state index contributed by atoms with van der Waals surface area (Å²) in [4.78, 5) is 23.8. The summed E-state index contributed by atoms with van der Waals surface area (Å²) >= 11 is 0. The van der Waals surface area contributed by atoms with Crippen LogP contribution in [0.3, 0.4) is 0 Å². The second kappa shape index (κ2) is 3.34. The van der Waals surface area contributed by atoms with Crippen molar-refractivity contribution >= 4 is 28.5 Å². The van der Waals surface area contributed by atoms with Crippen LogP contribution in [0.15, 0.2) is 12.1 Å². The summed E-state index contributed by atoms with van der Waals surface area (Å²) in [6, 6.07) is 5.35. The van der Waals surface area contributed by atoms with E-state index in [1.54, 1.807) is 0 Å². The fraction of sp³-hybridized carbons (Fsp3) is 0.200. The van der Waals surface area contributed by atoms with E-state index in [0.29, 0.717) is 4.85 Å². The Labute approximate surface area is 100 Å². The molecule has 1 aromatic heterocycles. The van der Waals surface area contributed by atoms with Gasteiger partial charge in [0.25, 0.3) is 0 Å². The van der Waals surface area contributed by atoms with Crippen LogP contribution in [-0.2, 0) is 9.59 Å². The lowest BCUT2D eigenvalue weighted by Gasteiger charge is -2.17. The number of benzene rings is 1. The van der Waals surface area contributed by atoms with Crippen LogP contribution in [0.25, 0.3) is 11.0 Å². The Hall–Kier alpha value is -2.32. The molecular formula is C10H8N4O4+. The van der Waals surface area contributed by atoms with E-state index in [0.717, 1.165) is 0 Å². The van der Waals surface area contributed by atoms with Crippen molar-refractivity contribution in [2.75, 3.05) is 0 Å².